The Bertz CT molecular complexity index is 5840. The molecule has 17 aliphatic rings. The number of rotatable bonds is 20. The van der Waals surface area contributed by atoms with Crippen LogP contribution in [0.1, 0.15) is 163 Å². The molecule has 4 aromatic rings. The van der Waals surface area contributed by atoms with Crippen LogP contribution < -0.4 is 14.5 Å². The average molecular weight is 1650 g/mol. The SMILES string of the molecule is C=Cc1ccc(OC2=CCC(C3(C4C=CC(F)=CC4)C4=C(C=CCC4)C4C=CC(N(C5=CC6C7=C(CCC(N(c8ccc(C9=CC=CC(C%10C=CC(F)CC%10)C9)cc8)c8ccc9c(c8)C(C8=CC=C(F)CC8)(C8=CC=C(OC%10C=CC(C=C)CC%10)CC8)C8=C9C=CCC8)=C7)SC6C=C5)c5ccc(C6=CC(C7C=CC(F)CC7)=CCC6)cc5)=CC43)C=C2)cc1. The van der Waals surface area contributed by atoms with Crippen LogP contribution in [0.25, 0.3) is 22.8 Å². The van der Waals surface area contributed by atoms with Crippen LogP contribution in [0.4, 0.5) is 34.6 Å². The van der Waals surface area contributed by atoms with Gasteiger partial charge in [-0.25, -0.2) is 17.6 Å². The number of allylic oxidation sites excluding steroid dienone is 46. The molecule has 4 nitrogen and oxygen atoms in total. The van der Waals surface area contributed by atoms with Crippen molar-refractivity contribution in [1.82, 2.24) is 0 Å². The van der Waals surface area contributed by atoms with E-state index in [1.54, 1.807) is 24.3 Å². The number of alkyl halides is 2. The number of hydrogen-bond donors (Lipinski definition) is 0. The fraction of sp³-hybridized carbons (Fsp3) is 0.316. The summed E-state index contributed by atoms with van der Waals surface area (Å²) in [5.74, 6) is 3.84. The molecule has 1 heterocycles. The van der Waals surface area contributed by atoms with Crippen molar-refractivity contribution in [1.29, 1.82) is 0 Å². The Kier molecular flexibility index (Phi) is 21.7. The van der Waals surface area contributed by atoms with Gasteiger partial charge in [-0.2, -0.15) is 0 Å². The number of anilines is 3. The van der Waals surface area contributed by atoms with E-state index in [-0.39, 0.29) is 58.5 Å². The molecule has 16 aliphatic carbocycles. The van der Waals surface area contributed by atoms with Gasteiger partial charge in [0.05, 0.1) is 11.2 Å². The lowest BCUT2D eigenvalue weighted by atomic mass is 9.53. The number of fused-ring (bicyclic) bond motifs is 6. The van der Waals surface area contributed by atoms with E-state index < -0.39 is 23.2 Å². The molecule has 0 radical (unpaired) electrons. The van der Waals surface area contributed by atoms with Gasteiger partial charge in [0.25, 0.3) is 0 Å². The highest BCUT2D eigenvalue weighted by molar-refractivity contribution is 8.04. The molecule has 123 heavy (non-hydrogen) atoms. The van der Waals surface area contributed by atoms with E-state index in [1.165, 1.54) is 88.6 Å². The summed E-state index contributed by atoms with van der Waals surface area (Å²) in [6.45, 7) is 8.05. The van der Waals surface area contributed by atoms with Crippen LogP contribution in [0.15, 0.2) is 389 Å². The second-order valence-corrected chi connectivity index (χ2v) is 37.9. The molecule has 0 saturated heterocycles. The van der Waals surface area contributed by atoms with Crippen LogP contribution >= 0.6 is 11.8 Å². The van der Waals surface area contributed by atoms with Gasteiger partial charge in [0.2, 0.25) is 0 Å². The van der Waals surface area contributed by atoms with E-state index in [1.807, 2.05) is 54.3 Å². The van der Waals surface area contributed by atoms with Crippen LogP contribution in [-0.4, -0.2) is 23.7 Å². The third kappa shape index (κ3) is 14.8. The minimum absolute atomic E-state index is 0.0206. The van der Waals surface area contributed by atoms with Crippen LogP contribution in [0.5, 0.6) is 5.75 Å². The summed E-state index contributed by atoms with van der Waals surface area (Å²) in [6.07, 6.45) is 91.3. The molecule has 0 N–H and O–H groups in total. The van der Waals surface area contributed by atoms with Gasteiger partial charge in [0.1, 0.15) is 41.6 Å². The fourth-order valence-corrected chi connectivity index (χ4v) is 25.4. The van der Waals surface area contributed by atoms with E-state index in [0.717, 1.165) is 154 Å². The zero-order valence-electron chi connectivity index (χ0n) is 70.2. The maximum absolute atomic E-state index is 15.7. The molecule has 9 heteroatoms. The first kappa shape index (κ1) is 79.3. The Morgan fingerprint density at radius 2 is 1.28 bits per heavy atom. The number of thioether (sulfide) groups is 1. The van der Waals surface area contributed by atoms with Gasteiger partial charge >= 0.3 is 0 Å². The topological polar surface area (TPSA) is 24.9 Å². The zero-order valence-corrected chi connectivity index (χ0v) is 71.0. The van der Waals surface area contributed by atoms with Crippen LogP contribution in [0, 0.1) is 58.7 Å². The Hall–Kier alpha value is -10.9. The van der Waals surface area contributed by atoms with Crippen LogP contribution in [-0.2, 0) is 10.2 Å². The second kappa shape index (κ2) is 33.7. The Balaban J connectivity index is 0.679. The first-order chi connectivity index (χ1) is 60.4. The normalized spacial score (nSPS) is 31.2. The van der Waals surface area contributed by atoms with Gasteiger partial charge in [-0.3, -0.25) is 0 Å². The molecule has 0 fully saturated rings. The largest absolute Gasteiger partial charge is 0.491 e. The number of halogens is 4. The van der Waals surface area contributed by atoms with Crippen LogP contribution in [0.3, 0.4) is 0 Å². The summed E-state index contributed by atoms with van der Waals surface area (Å²) in [7, 11) is 0. The Morgan fingerprint density at radius 3 is 2.00 bits per heavy atom. The monoisotopic (exact) mass is 1640 g/mol. The zero-order chi connectivity index (χ0) is 82.9. The quantitative estimate of drug-likeness (QED) is 0.0649. The van der Waals surface area contributed by atoms with Gasteiger partial charge in [-0.15, -0.1) is 18.3 Å². The van der Waals surface area contributed by atoms with E-state index in [9.17, 15) is 8.78 Å². The average Bonchev–Trinajstić information content (AvgIpc) is 1.54. The van der Waals surface area contributed by atoms with Crippen molar-refractivity contribution in [3.05, 3.63) is 417 Å². The molecule has 0 amide bonds. The lowest BCUT2D eigenvalue weighted by molar-refractivity contribution is 0.111. The molecule has 15 atom stereocenters. The third-order valence-corrected chi connectivity index (χ3v) is 31.4. The van der Waals surface area contributed by atoms with Gasteiger partial charge in [0, 0.05) is 75.4 Å². The number of nitrogens with zero attached hydrogens (tertiary/aromatic N) is 2. The first-order valence-corrected chi connectivity index (χ1v) is 46.6. The summed E-state index contributed by atoms with van der Waals surface area (Å²) in [5, 5.41) is 0.176. The second-order valence-electron chi connectivity index (χ2n) is 36.7. The molecule has 0 spiro atoms. The summed E-state index contributed by atoms with van der Waals surface area (Å²) in [4.78, 5) is 6.57. The van der Waals surface area contributed by atoms with E-state index >= 15 is 8.78 Å². The van der Waals surface area contributed by atoms with Crippen molar-refractivity contribution in [3.63, 3.8) is 0 Å². The third-order valence-electron chi connectivity index (χ3n) is 30.0. The lowest BCUT2D eigenvalue weighted by Crippen LogP contribution is -2.45. The molecular weight excluding hydrogens is 1540 g/mol. The molecule has 0 bridgehead atoms. The fourth-order valence-electron chi connectivity index (χ4n) is 24.0. The molecule has 620 valence electrons. The van der Waals surface area contributed by atoms with Crippen molar-refractivity contribution in [3.8, 4) is 5.75 Å². The Morgan fingerprint density at radius 1 is 0.528 bits per heavy atom. The van der Waals surface area contributed by atoms with E-state index in [0.29, 0.717) is 49.9 Å². The van der Waals surface area contributed by atoms with Gasteiger partial charge in [-0.05, 0) is 339 Å². The number of ether oxygens (including phenoxy) is 2. The van der Waals surface area contributed by atoms with Gasteiger partial charge in [-0.1, -0.05) is 212 Å². The van der Waals surface area contributed by atoms with E-state index in [2.05, 4.69) is 254 Å². The predicted octanol–water partition coefficient (Wildman–Crippen LogP) is 30.1. The van der Waals surface area contributed by atoms with Gasteiger partial charge in [0.15, 0.2) is 0 Å². The molecule has 15 unspecified atom stereocenters. The first-order valence-electron chi connectivity index (χ1n) is 45.8. The Labute approximate surface area is 728 Å². The molecule has 0 aromatic heterocycles. The standard InChI is InChI=1S/C114H108F4N2O2S/c1-3-73-19-55-97(56-20-73)121-99-59-35-85(36-60-99)113(83-31-43-89(117)44-32-83)107-17-7-5-15-101(107)103-63-51-95(71-109(103)113)119(91-47-27-77(28-48-91)81-13-9-11-79(67-81)75-23-39-87(115)40-24-75)93-53-65-111-105(69-93)106-70-94(54-66-112(106)123-111)120(92-49-29-78(30-50-92)82-14-10-12-80(68-82)76-25-41-88(116)42-26-76)96-52-64-104-102-16-6-8-18-108(102)114(110(104)72-96,84-33-45-90(118)46-34-84)86-37-61-100(62-38-86)122-98-57-21-74(4-2)22-58-98/h3-6,9,11-13,15-16,19,21-23,25,27-31,33,35,37,39,41,43,45-52,54-55,57-59,61-64,66,68-73,75-76,79,84,86-88,97,104,106,110,112H,1-2,7-8,10,14,17-18,20,24,26,32,34,36,38,40,42,44,53,56,60,65,67H2. The highest BCUT2D eigenvalue weighted by Gasteiger charge is 2.59. The summed E-state index contributed by atoms with van der Waals surface area (Å²) in [5.41, 5.74) is 25.2. The minimum Gasteiger partial charge on any atom is -0.491 e. The maximum Gasteiger partial charge on any atom is 0.127 e. The van der Waals surface area contributed by atoms with E-state index in [4.69, 9.17) is 9.47 Å². The molecule has 4 aromatic carbocycles. The smallest absolute Gasteiger partial charge is 0.127 e. The summed E-state index contributed by atoms with van der Waals surface area (Å²) < 4.78 is 73.9. The van der Waals surface area contributed by atoms with Crippen LogP contribution in [0.2, 0.25) is 0 Å². The van der Waals surface area contributed by atoms with Crippen molar-refractivity contribution in [2.45, 2.75) is 164 Å². The van der Waals surface area contributed by atoms with Crippen molar-refractivity contribution in [2.75, 3.05) is 9.80 Å². The molecule has 21 rings (SSSR count). The van der Waals surface area contributed by atoms with Crippen molar-refractivity contribution >= 4 is 51.6 Å². The van der Waals surface area contributed by atoms with Gasteiger partial charge < -0.3 is 19.3 Å². The molecule has 1 aliphatic heterocycles. The predicted molar refractivity (Wildman–Crippen MR) is 501 cm³/mol. The summed E-state index contributed by atoms with van der Waals surface area (Å²) >= 11 is 2.03. The molecule has 0 saturated carbocycles. The molecular formula is C114H108F4N2O2S. The highest BCUT2D eigenvalue weighted by atomic mass is 32.2. The maximum atomic E-state index is 15.7. The highest BCUT2D eigenvalue weighted by Crippen LogP contribution is 2.68. The summed E-state index contributed by atoms with van der Waals surface area (Å²) in [6, 6.07) is 34.2. The van der Waals surface area contributed by atoms with Crippen molar-refractivity contribution in [2.24, 2.45) is 58.7 Å². The number of benzene rings is 4. The number of hydrogen-bond acceptors (Lipinski definition) is 5. The minimum atomic E-state index is -0.877. The lowest BCUT2D eigenvalue weighted by Gasteiger charge is -2.50. The van der Waals surface area contributed by atoms with Crippen molar-refractivity contribution < 1.29 is 27.0 Å².